The van der Waals surface area contributed by atoms with Crippen molar-refractivity contribution in [1.29, 1.82) is 0 Å². The van der Waals surface area contributed by atoms with E-state index in [-0.39, 0.29) is 17.8 Å². The van der Waals surface area contributed by atoms with Gasteiger partial charge in [-0.15, -0.1) is 16.2 Å². The lowest BCUT2D eigenvalue weighted by molar-refractivity contribution is 0.137. The number of benzene rings is 1. The molecule has 0 aliphatic carbocycles. The van der Waals surface area contributed by atoms with Gasteiger partial charge in [-0.1, -0.05) is 29.5 Å². The second kappa shape index (κ2) is 11.7. The maximum atomic E-state index is 12.5. The average molecular weight is 527 g/mol. The molecule has 1 aromatic heterocycles. The molecule has 11 heteroatoms. The molecule has 2 aliphatic heterocycles. The monoisotopic (exact) mass is 526 g/mol. The van der Waals surface area contributed by atoms with Crippen molar-refractivity contribution in [3.05, 3.63) is 71.1 Å². The van der Waals surface area contributed by atoms with Crippen LogP contribution in [0.15, 0.2) is 54.3 Å². The van der Waals surface area contributed by atoms with Crippen molar-refractivity contribution in [2.45, 2.75) is 78.6 Å². The van der Waals surface area contributed by atoms with Gasteiger partial charge in [0, 0.05) is 37.6 Å². The van der Waals surface area contributed by atoms with E-state index >= 15 is 0 Å². The number of aryl methyl sites for hydroxylation is 1. The largest absolute Gasteiger partial charge is 0.305 e. The lowest BCUT2D eigenvalue weighted by Gasteiger charge is -2.30. The SMILES string of the molecule is CC(C)(C)N1C=C(CN(CC2=CN(Cc3ccc(CCCF)cc3)NN2)Cc2cn(C(C)(C)C)nn2)NN1. The number of alkyl halides is 1. The molecule has 2 aliphatic rings. The van der Waals surface area contributed by atoms with Gasteiger partial charge in [0.1, 0.15) is 0 Å². The van der Waals surface area contributed by atoms with Crippen LogP contribution in [0.1, 0.15) is 64.8 Å². The molecule has 4 rings (SSSR count). The molecule has 4 N–H and O–H groups in total. The Hall–Kier alpha value is -3.15. The van der Waals surface area contributed by atoms with E-state index in [1.807, 2.05) is 15.9 Å². The highest BCUT2D eigenvalue weighted by molar-refractivity contribution is 5.23. The van der Waals surface area contributed by atoms with E-state index in [4.69, 9.17) is 0 Å². The van der Waals surface area contributed by atoms with E-state index < -0.39 is 0 Å². The van der Waals surface area contributed by atoms with Crippen LogP contribution >= 0.6 is 0 Å². The first-order valence-corrected chi connectivity index (χ1v) is 13.3. The second-order valence-corrected chi connectivity index (χ2v) is 12.0. The molecule has 0 radical (unpaired) electrons. The van der Waals surface area contributed by atoms with Gasteiger partial charge in [-0.2, -0.15) is 0 Å². The highest BCUT2D eigenvalue weighted by atomic mass is 19.1. The van der Waals surface area contributed by atoms with Crippen molar-refractivity contribution in [3.8, 4) is 0 Å². The molecule has 2 aromatic rings. The predicted molar refractivity (Wildman–Crippen MR) is 147 cm³/mol. The first-order valence-electron chi connectivity index (χ1n) is 13.3. The van der Waals surface area contributed by atoms with Crippen LogP contribution in [0.3, 0.4) is 0 Å². The fraction of sp³-hybridized carbons (Fsp3) is 0.556. The van der Waals surface area contributed by atoms with Gasteiger partial charge in [0.05, 0.1) is 42.0 Å². The normalized spacial score (nSPS) is 16.1. The number of rotatable bonds is 11. The van der Waals surface area contributed by atoms with Crippen LogP contribution in [-0.2, 0) is 25.0 Å². The smallest absolute Gasteiger partial charge is 0.0967 e. The van der Waals surface area contributed by atoms with E-state index in [0.717, 1.165) is 30.1 Å². The summed E-state index contributed by atoms with van der Waals surface area (Å²) in [7, 11) is 0. The molecule has 0 amide bonds. The van der Waals surface area contributed by atoms with E-state index in [1.54, 1.807) is 0 Å². The molecule has 0 saturated heterocycles. The van der Waals surface area contributed by atoms with Gasteiger partial charge in [0.25, 0.3) is 0 Å². The Kier molecular flexibility index (Phi) is 8.59. The lowest BCUT2D eigenvalue weighted by atomic mass is 10.1. The van der Waals surface area contributed by atoms with Gasteiger partial charge in [0.15, 0.2) is 0 Å². The second-order valence-electron chi connectivity index (χ2n) is 12.0. The van der Waals surface area contributed by atoms with Crippen LogP contribution in [0.5, 0.6) is 0 Å². The standard InChI is InChI=1S/C27H43FN10/c1-26(2,3)37-19-24(30-33-37)16-35(17-25-20-38(34-31-25)27(4,5)6)15-23-18-36(32-29-23)14-22-11-9-21(10-12-22)8-7-13-28/h9-12,18-20,29-30,32-33H,7-8,13-17H2,1-6H3. The molecule has 38 heavy (non-hydrogen) atoms. The third-order valence-corrected chi connectivity index (χ3v) is 6.39. The van der Waals surface area contributed by atoms with Gasteiger partial charge in [-0.3, -0.25) is 19.3 Å². The minimum absolute atomic E-state index is 0.0413. The summed E-state index contributed by atoms with van der Waals surface area (Å²) in [6.07, 6.45) is 7.60. The van der Waals surface area contributed by atoms with Gasteiger partial charge in [-0.05, 0) is 65.5 Å². The van der Waals surface area contributed by atoms with Crippen molar-refractivity contribution in [3.63, 3.8) is 0 Å². The van der Waals surface area contributed by atoms with Gasteiger partial charge in [-0.25, -0.2) is 4.68 Å². The number of halogens is 1. The Labute approximate surface area is 225 Å². The van der Waals surface area contributed by atoms with Crippen LogP contribution in [0.4, 0.5) is 4.39 Å². The minimum atomic E-state index is -0.274. The molecule has 10 nitrogen and oxygen atoms in total. The number of hydrogen-bond donors (Lipinski definition) is 4. The molecule has 3 heterocycles. The zero-order chi connectivity index (χ0) is 27.3. The summed E-state index contributed by atoms with van der Waals surface area (Å²) in [6, 6.07) is 8.39. The fourth-order valence-electron chi connectivity index (χ4n) is 4.21. The number of aromatic nitrogens is 3. The maximum Gasteiger partial charge on any atom is 0.0967 e. The van der Waals surface area contributed by atoms with Gasteiger partial charge >= 0.3 is 0 Å². The molecule has 0 spiro atoms. The molecule has 0 saturated carbocycles. The summed E-state index contributed by atoms with van der Waals surface area (Å²) in [5.74, 6) is 0. The van der Waals surface area contributed by atoms with E-state index in [9.17, 15) is 4.39 Å². The zero-order valence-electron chi connectivity index (χ0n) is 23.6. The third kappa shape index (κ3) is 7.68. The van der Waals surface area contributed by atoms with Crippen molar-refractivity contribution < 1.29 is 4.39 Å². The van der Waals surface area contributed by atoms with Crippen molar-refractivity contribution >= 4 is 0 Å². The Bertz CT molecular complexity index is 1110. The summed E-state index contributed by atoms with van der Waals surface area (Å²) in [5, 5.41) is 12.9. The number of nitrogens with zero attached hydrogens (tertiary/aromatic N) is 6. The molecule has 0 unspecified atom stereocenters. The van der Waals surface area contributed by atoms with Crippen molar-refractivity contribution in [1.82, 2.24) is 51.8 Å². The molecule has 1 aromatic carbocycles. The first kappa shape index (κ1) is 27.9. The van der Waals surface area contributed by atoms with Crippen molar-refractivity contribution in [2.24, 2.45) is 0 Å². The number of nitrogens with one attached hydrogen (secondary N) is 4. The predicted octanol–water partition coefficient (Wildman–Crippen LogP) is 3.07. The summed E-state index contributed by atoms with van der Waals surface area (Å²) >= 11 is 0. The third-order valence-electron chi connectivity index (χ3n) is 6.39. The Balaban J connectivity index is 1.42. The van der Waals surface area contributed by atoms with Crippen LogP contribution < -0.4 is 21.9 Å². The highest BCUT2D eigenvalue weighted by Gasteiger charge is 2.25. The van der Waals surface area contributed by atoms with E-state index in [2.05, 4.69) is 120 Å². The molecule has 0 bridgehead atoms. The summed E-state index contributed by atoms with van der Waals surface area (Å²) < 4.78 is 14.4. The summed E-state index contributed by atoms with van der Waals surface area (Å²) in [6.45, 7) is 15.4. The summed E-state index contributed by atoms with van der Waals surface area (Å²) in [5.41, 5.74) is 18.4. The van der Waals surface area contributed by atoms with Crippen LogP contribution in [-0.4, -0.2) is 55.2 Å². The molecular weight excluding hydrogens is 483 g/mol. The maximum absolute atomic E-state index is 12.5. The first-order chi connectivity index (χ1) is 18.0. The van der Waals surface area contributed by atoms with Gasteiger partial charge in [0.2, 0.25) is 0 Å². The van der Waals surface area contributed by atoms with Crippen LogP contribution in [0.2, 0.25) is 0 Å². The Morgan fingerprint density at radius 1 is 0.842 bits per heavy atom. The Morgan fingerprint density at radius 2 is 1.50 bits per heavy atom. The highest BCUT2D eigenvalue weighted by Crippen LogP contribution is 2.18. The minimum Gasteiger partial charge on any atom is -0.305 e. The fourth-order valence-corrected chi connectivity index (χ4v) is 4.21. The zero-order valence-corrected chi connectivity index (χ0v) is 23.6. The van der Waals surface area contributed by atoms with Gasteiger partial charge < -0.3 is 10.9 Å². The summed E-state index contributed by atoms with van der Waals surface area (Å²) in [4.78, 5) is 2.33. The quantitative estimate of drug-likeness (QED) is 0.353. The molecule has 0 fully saturated rings. The topological polar surface area (TPSA) is 88.6 Å². The van der Waals surface area contributed by atoms with Crippen LogP contribution in [0.25, 0.3) is 0 Å². The van der Waals surface area contributed by atoms with Crippen LogP contribution in [0, 0.1) is 0 Å². The lowest BCUT2D eigenvalue weighted by Crippen LogP contribution is -2.47. The molecule has 0 atom stereocenters. The molecular formula is C27H43FN10. The van der Waals surface area contributed by atoms with E-state index in [0.29, 0.717) is 26.1 Å². The molecule has 208 valence electrons. The number of hydrogen-bond acceptors (Lipinski definition) is 9. The Morgan fingerprint density at radius 3 is 2.11 bits per heavy atom. The number of hydrazine groups is 4. The van der Waals surface area contributed by atoms with Crippen molar-refractivity contribution in [2.75, 3.05) is 19.8 Å². The average Bonchev–Trinajstić information content (AvgIpc) is 3.60. The van der Waals surface area contributed by atoms with E-state index in [1.165, 1.54) is 11.1 Å².